The normalized spacial score (nSPS) is 15.3. The Balaban J connectivity index is 1.17. The van der Waals surface area contributed by atoms with Crippen LogP contribution in [-0.4, -0.2) is 7.28 Å². The molecule has 72 heavy (non-hydrogen) atoms. The van der Waals surface area contributed by atoms with E-state index in [9.17, 15) is 0 Å². The quantitative estimate of drug-likeness (QED) is 0.175. The minimum absolute atomic E-state index is 0.0126. The standard InChI is InChI=1S/C66H61BN2O2S/c1-63(2,3)39-24-27-41(28-25-39)68-60-44(29-31-55-57(60)43-21-15-17-23-54(43)72-55)58-56-42-20-14-16-22-51(42)70-53(56)37-50-59(58)67-62-61(46-35-47-48(36-52(46)71-62)66(9,10)33-32-65(47,7)8)69(50)49-30-26-40(64(4,5)6)34-45(49)38-18-12-11-13-19-38/h11-31,34-37,67-68H,32-33H2,1-10H3. The monoisotopic (exact) mass is 956 g/mol. The zero-order valence-corrected chi connectivity index (χ0v) is 44.0. The van der Waals surface area contributed by atoms with Crippen molar-refractivity contribution in [3.8, 4) is 22.3 Å². The average Bonchev–Trinajstić information content (AvgIpc) is 4.05. The Hall–Kier alpha value is -7.02. The van der Waals surface area contributed by atoms with E-state index in [-0.39, 0.29) is 21.7 Å². The van der Waals surface area contributed by atoms with Crippen molar-refractivity contribution in [2.75, 3.05) is 10.2 Å². The van der Waals surface area contributed by atoms with Gasteiger partial charge in [-0.1, -0.05) is 160 Å². The van der Waals surface area contributed by atoms with Crippen molar-refractivity contribution in [1.29, 1.82) is 0 Å². The predicted octanol–water partition coefficient (Wildman–Crippen LogP) is 17.9. The third kappa shape index (κ3) is 7.00. The fourth-order valence-corrected chi connectivity index (χ4v) is 13.2. The summed E-state index contributed by atoms with van der Waals surface area (Å²) in [6.45, 7) is 23.4. The summed E-state index contributed by atoms with van der Waals surface area (Å²) in [5, 5.41) is 9.93. The number of nitrogens with zero attached hydrogens (tertiary/aromatic N) is 1. The number of thiophene rings is 1. The lowest BCUT2D eigenvalue weighted by Crippen LogP contribution is -2.40. The second-order valence-electron chi connectivity index (χ2n) is 24.0. The molecule has 1 aliphatic heterocycles. The number of anilines is 5. The molecule has 3 aromatic heterocycles. The van der Waals surface area contributed by atoms with Crippen LogP contribution in [0.5, 0.6) is 0 Å². The van der Waals surface area contributed by atoms with Crippen molar-refractivity contribution in [3.05, 3.63) is 174 Å². The number of rotatable bonds is 5. The Morgan fingerprint density at radius 1 is 0.542 bits per heavy atom. The minimum Gasteiger partial charge on any atom is -0.469 e. The van der Waals surface area contributed by atoms with Gasteiger partial charge in [0, 0.05) is 64.9 Å². The van der Waals surface area contributed by atoms with Crippen LogP contribution < -0.4 is 21.3 Å². The van der Waals surface area contributed by atoms with Gasteiger partial charge in [0.25, 0.3) is 0 Å². The number of fused-ring (bicyclic) bond motifs is 11. The zero-order valence-electron chi connectivity index (χ0n) is 43.2. The Morgan fingerprint density at radius 3 is 1.94 bits per heavy atom. The van der Waals surface area contributed by atoms with Gasteiger partial charge in [-0.25, -0.2) is 0 Å². The molecule has 0 fully saturated rings. The number of hydrogen-bond acceptors (Lipinski definition) is 5. The molecule has 8 aromatic carbocycles. The Kier molecular flexibility index (Phi) is 9.81. The van der Waals surface area contributed by atoms with E-state index < -0.39 is 0 Å². The summed E-state index contributed by atoms with van der Waals surface area (Å²) in [4.78, 5) is 2.55. The number of para-hydroxylation sites is 1. The molecule has 0 atom stereocenters. The van der Waals surface area contributed by atoms with Crippen molar-refractivity contribution in [2.24, 2.45) is 0 Å². The largest absolute Gasteiger partial charge is 0.469 e. The first-order valence-electron chi connectivity index (χ1n) is 25.8. The number of benzene rings is 8. The van der Waals surface area contributed by atoms with Gasteiger partial charge in [-0.3, -0.25) is 0 Å². The second kappa shape index (κ2) is 15.7. The van der Waals surface area contributed by atoms with Gasteiger partial charge in [-0.15, -0.1) is 11.3 Å². The lowest BCUT2D eigenvalue weighted by molar-refractivity contribution is 0.332. The maximum atomic E-state index is 7.42. The van der Waals surface area contributed by atoms with E-state index in [1.54, 1.807) is 0 Å². The van der Waals surface area contributed by atoms with Gasteiger partial charge in [0.1, 0.15) is 16.7 Å². The topological polar surface area (TPSA) is 41.6 Å². The maximum absolute atomic E-state index is 7.42. The fourth-order valence-electron chi connectivity index (χ4n) is 12.1. The van der Waals surface area contributed by atoms with Crippen LogP contribution in [-0.2, 0) is 21.7 Å². The zero-order chi connectivity index (χ0) is 49.6. The van der Waals surface area contributed by atoms with Crippen molar-refractivity contribution < 1.29 is 8.83 Å². The molecule has 2 aliphatic rings. The van der Waals surface area contributed by atoms with Crippen LogP contribution in [0.2, 0.25) is 0 Å². The summed E-state index contributed by atoms with van der Waals surface area (Å²) < 4.78 is 17.0. The highest BCUT2D eigenvalue weighted by atomic mass is 32.1. The Bertz CT molecular complexity index is 4000. The summed E-state index contributed by atoms with van der Waals surface area (Å²) in [6.07, 6.45) is 2.26. The lowest BCUT2D eigenvalue weighted by Gasteiger charge is -2.42. The molecule has 0 radical (unpaired) electrons. The molecule has 0 bridgehead atoms. The van der Waals surface area contributed by atoms with Gasteiger partial charge >= 0.3 is 0 Å². The predicted molar refractivity (Wildman–Crippen MR) is 311 cm³/mol. The smallest absolute Gasteiger partial charge is 0.244 e. The van der Waals surface area contributed by atoms with Crippen molar-refractivity contribution in [3.63, 3.8) is 0 Å². The summed E-state index contributed by atoms with van der Waals surface area (Å²) in [5.74, 6) is 0. The molecule has 6 heteroatoms. The van der Waals surface area contributed by atoms with Gasteiger partial charge in [-0.2, -0.15) is 0 Å². The second-order valence-corrected chi connectivity index (χ2v) is 25.1. The molecule has 0 spiro atoms. The molecular weight excluding hydrogens is 896 g/mol. The third-order valence-electron chi connectivity index (χ3n) is 16.3. The number of nitrogens with one attached hydrogen (secondary N) is 1. The van der Waals surface area contributed by atoms with Gasteiger partial charge in [0.15, 0.2) is 0 Å². The molecule has 4 nitrogen and oxygen atoms in total. The molecule has 356 valence electrons. The van der Waals surface area contributed by atoms with Crippen molar-refractivity contribution in [2.45, 2.75) is 104 Å². The first-order valence-corrected chi connectivity index (χ1v) is 26.6. The van der Waals surface area contributed by atoms with Crippen LogP contribution >= 0.6 is 11.3 Å². The fraction of sp³-hybridized carbons (Fsp3) is 0.242. The lowest BCUT2D eigenvalue weighted by atomic mass is 9.60. The highest BCUT2D eigenvalue weighted by molar-refractivity contribution is 7.26. The average molecular weight is 957 g/mol. The molecule has 0 amide bonds. The van der Waals surface area contributed by atoms with E-state index in [2.05, 4.69) is 231 Å². The van der Waals surface area contributed by atoms with E-state index in [1.807, 2.05) is 11.3 Å². The highest BCUT2D eigenvalue weighted by Crippen LogP contribution is 2.54. The van der Waals surface area contributed by atoms with Crippen molar-refractivity contribution >= 4 is 111 Å². The minimum atomic E-state index is -0.0681. The van der Waals surface area contributed by atoms with Crippen LogP contribution in [0.15, 0.2) is 160 Å². The van der Waals surface area contributed by atoms with Crippen LogP contribution in [0.25, 0.3) is 75.3 Å². The first kappa shape index (κ1) is 44.9. The molecule has 11 aromatic rings. The van der Waals surface area contributed by atoms with E-state index >= 15 is 0 Å². The van der Waals surface area contributed by atoms with Gasteiger partial charge in [-0.05, 0) is 128 Å². The summed E-state index contributed by atoms with van der Waals surface area (Å²) in [6, 6.07) is 56.5. The van der Waals surface area contributed by atoms with Crippen molar-refractivity contribution in [1.82, 2.24) is 0 Å². The van der Waals surface area contributed by atoms with E-state index in [0.717, 1.165) is 91.0 Å². The third-order valence-corrected chi connectivity index (χ3v) is 17.4. The molecule has 0 unspecified atom stereocenters. The number of furan rings is 2. The molecule has 1 aliphatic carbocycles. The molecule has 13 rings (SSSR count). The summed E-state index contributed by atoms with van der Waals surface area (Å²) >= 11 is 1.85. The van der Waals surface area contributed by atoms with Crippen LogP contribution in [0, 0.1) is 0 Å². The SMILES string of the molecule is CC(C)(C)c1ccc(Nc2c(-c3c4c(cc5oc6ccccc6c35)N(c3ccc(C(C)(C)C)cc3-c3ccccc3)c3c(oc5cc6c(cc35)C(C)(C)CCC6(C)C)B4)ccc3sc4ccccc4c23)cc1. The van der Waals surface area contributed by atoms with E-state index in [1.165, 1.54) is 59.0 Å². The van der Waals surface area contributed by atoms with Gasteiger partial charge in [0.2, 0.25) is 7.28 Å². The Morgan fingerprint density at radius 2 is 1.21 bits per heavy atom. The molecule has 0 saturated carbocycles. The van der Waals surface area contributed by atoms with Crippen LogP contribution in [0.1, 0.15) is 104 Å². The van der Waals surface area contributed by atoms with Gasteiger partial charge in [0.05, 0.1) is 22.7 Å². The summed E-state index contributed by atoms with van der Waals surface area (Å²) in [5.41, 5.74) is 20.3. The molecule has 4 heterocycles. The van der Waals surface area contributed by atoms with Crippen LogP contribution in [0.4, 0.5) is 28.4 Å². The Labute approximate surface area is 427 Å². The number of hydrogen-bond donors (Lipinski definition) is 1. The van der Waals surface area contributed by atoms with Crippen LogP contribution in [0.3, 0.4) is 0 Å². The van der Waals surface area contributed by atoms with E-state index in [4.69, 9.17) is 8.83 Å². The van der Waals surface area contributed by atoms with Gasteiger partial charge < -0.3 is 19.1 Å². The highest BCUT2D eigenvalue weighted by Gasteiger charge is 2.41. The molecule has 0 saturated heterocycles. The maximum Gasteiger partial charge on any atom is 0.244 e. The van der Waals surface area contributed by atoms with E-state index in [0.29, 0.717) is 7.28 Å². The first-order chi connectivity index (χ1) is 34.4. The molecular formula is C66H61BN2O2S. The molecule has 1 N–H and O–H groups in total. The summed E-state index contributed by atoms with van der Waals surface area (Å²) in [7, 11) is 0.598.